The van der Waals surface area contributed by atoms with E-state index in [9.17, 15) is 0 Å². The molecule has 5 nitrogen and oxygen atoms in total. The van der Waals surface area contributed by atoms with E-state index in [2.05, 4.69) is 9.97 Å². The van der Waals surface area contributed by atoms with Crippen LogP contribution >= 0.6 is 0 Å². The molecule has 1 aromatic heterocycles. The van der Waals surface area contributed by atoms with Gasteiger partial charge in [0.2, 0.25) is 0 Å². The van der Waals surface area contributed by atoms with Crippen LogP contribution in [0.15, 0.2) is 6.33 Å². The molecule has 0 aliphatic heterocycles. The highest BCUT2D eigenvalue weighted by Crippen LogP contribution is 2.19. The quantitative estimate of drug-likeness (QED) is 0.648. The number of anilines is 2. The Balaban J connectivity index is 3.34. The smallest absolute Gasteiger partial charge is 0.142 e. The number of nitrogens with one attached hydrogen (secondary N) is 1. The van der Waals surface area contributed by atoms with Crippen LogP contribution in [-0.4, -0.2) is 29.8 Å². The first-order valence-electron chi connectivity index (χ1n) is 3.87. The van der Waals surface area contributed by atoms with Crippen molar-refractivity contribution in [3.05, 3.63) is 11.9 Å². The van der Waals surface area contributed by atoms with E-state index < -0.39 is 0 Å². The third kappa shape index (κ3) is 1.74. The standard InChI is InChI=1S/C8H13N5/c1-5(9)6-7(10)11-4-12-8(6)13(2)3/h4,9H,1-3H3,(H2,10,11,12). The average Bonchev–Trinajstić information content (AvgIpc) is 2.02. The van der Waals surface area contributed by atoms with E-state index in [0.29, 0.717) is 22.9 Å². The molecule has 0 radical (unpaired) electrons. The predicted octanol–water partition coefficient (Wildman–Crippen LogP) is 0.513. The normalized spacial score (nSPS) is 9.77. The summed E-state index contributed by atoms with van der Waals surface area (Å²) in [5.74, 6) is 1.03. The first kappa shape index (κ1) is 9.44. The maximum Gasteiger partial charge on any atom is 0.142 e. The summed E-state index contributed by atoms with van der Waals surface area (Å²) in [6.07, 6.45) is 1.40. The summed E-state index contributed by atoms with van der Waals surface area (Å²) >= 11 is 0. The number of aromatic nitrogens is 2. The van der Waals surface area contributed by atoms with Gasteiger partial charge in [-0.3, -0.25) is 0 Å². The molecule has 0 unspecified atom stereocenters. The van der Waals surface area contributed by atoms with Crippen LogP contribution in [0.2, 0.25) is 0 Å². The van der Waals surface area contributed by atoms with Gasteiger partial charge >= 0.3 is 0 Å². The molecule has 0 aliphatic carbocycles. The van der Waals surface area contributed by atoms with Gasteiger partial charge in [-0.2, -0.15) is 0 Å². The zero-order valence-electron chi connectivity index (χ0n) is 8.00. The molecule has 0 aromatic carbocycles. The topological polar surface area (TPSA) is 78.9 Å². The van der Waals surface area contributed by atoms with Crippen molar-refractivity contribution >= 4 is 17.3 Å². The molecular weight excluding hydrogens is 166 g/mol. The van der Waals surface area contributed by atoms with E-state index in [1.54, 1.807) is 6.92 Å². The van der Waals surface area contributed by atoms with E-state index in [1.807, 2.05) is 19.0 Å². The van der Waals surface area contributed by atoms with Crippen molar-refractivity contribution in [3.63, 3.8) is 0 Å². The molecule has 0 aliphatic rings. The van der Waals surface area contributed by atoms with Crippen LogP contribution in [0.4, 0.5) is 11.6 Å². The maximum absolute atomic E-state index is 7.52. The molecule has 1 aromatic rings. The monoisotopic (exact) mass is 179 g/mol. The van der Waals surface area contributed by atoms with Gasteiger partial charge in [0, 0.05) is 19.8 Å². The van der Waals surface area contributed by atoms with Gasteiger partial charge < -0.3 is 16.0 Å². The van der Waals surface area contributed by atoms with Gasteiger partial charge in [-0.05, 0) is 6.92 Å². The molecule has 5 heteroatoms. The molecular formula is C8H13N5. The number of hydrogen-bond acceptors (Lipinski definition) is 5. The number of nitrogens with zero attached hydrogens (tertiary/aromatic N) is 3. The van der Waals surface area contributed by atoms with Crippen molar-refractivity contribution in [1.82, 2.24) is 9.97 Å². The molecule has 13 heavy (non-hydrogen) atoms. The minimum absolute atomic E-state index is 0.353. The Morgan fingerprint density at radius 3 is 2.46 bits per heavy atom. The van der Waals surface area contributed by atoms with Crippen LogP contribution in [0, 0.1) is 5.41 Å². The molecule has 0 bridgehead atoms. The van der Waals surface area contributed by atoms with Gasteiger partial charge in [-0.1, -0.05) is 0 Å². The van der Waals surface area contributed by atoms with Gasteiger partial charge in [0.05, 0.1) is 5.56 Å². The van der Waals surface area contributed by atoms with Crippen LogP contribution in [-0.2, 0) is 0 Å². The minimum Gasteiger partial charge on any atom is -0.383 e. The third-order valence-electron chi connectivity index (χ3n) is 1.66. The largest absolute Gasteiger partial charge is 0.383 e. The second-order valence-corrected chi connectivity index (χ2v) is 2.98. The number of nitrogens with two attached hydrogens (primary N) is 1. The van der Waals surface area contributed by atoms with Crippen molar-refractivity contribution in [2.75, 3.05) is 24.7 Å². The van der Waals surface area contributed by atoms with Crippen LogP contribution in [0.5, 0.6) is 0 Å². The number of rotatable bonds is 2. The molecule has 0 fully saturated rings. The second kappa shape index (κ2) is 3.38. The predicted molar refractivity (Wildman–Crippen MR) is 53.3 cm³/mol. The zero-order chi connectivity index (χ0) is 10.0. The van der Waals surface area contributed by atoms with Crippen molar-refractivity contribution in [1.29, 1.82) is 5.41 Å². The summed E-state index contributed by atoms with van der Waals surface area (Å²) < 4.78 is 0. The minimum atomic E-state index is 0.353. The Labute approximate surface area is 77.1 Å². The first-order valence-corrected chi connectivity index (χ1v) is 3.87. The number of hydrogen-bond donors (Lipinski definition) is 2. The molecule has 0 saturated heterocycles. The molecule has 0 amide bonds. The van der Waals surface area contributed by atoms with Gasteiger partial charge in [0.15, 0.2) is 0 Å². The molecule has 70 valence electrons. The average molecular weight is 179 g/mol. The van der Waals surface area contributed by atoms with Crippen molar-refractivity contribution < 1.29 is 0 Å². The highest BCUT2D eigenvalue weighted by Gasteiger charge is 2.11. The van der Waals surface area contributed by atoms with Crippen LogP contribution in [0.25, 0.3) is 0 Å². The molecule has 0 atom stereocenters. The lowest BCUT2D eigenvalue weighted by molar-refractivity contribution is 1.03. The van der Waals surface area contributed by atoms with Gasteiger partial charge in [-0.25, -0.2) is 9.97 Å². The number of nitrogen functional groups attached to an aromatic ring is 1. The van der Waals surface area contributed by atoms with Gasteiger partial charge in [-0.15, -0.1) is 0 Å². The fourth-order valence-electron chi connectivity index (χ4n) is 1.09. The summed E-state index contributed by atoms with van der Waals surface area (Å²) in [4.78, 5) is 9.71. The Bertz CT molecular complexity index is 331. The van der Waals surface area contributed by atoms with E-state index in [-0.39, 0.29) is 0 Å². The summed E-state index contributed by atoms with van der Waals surface area (Å²) in [5.41, 5.74) is 6.62. The summed E-state index contributed by atoms with van der Waals surface area (Å²) in [6, 6.07) is 0. The molecule has 1 rings (SSSR count). The molecule has 0 spiro atoms. The fraction of sp³-hybridized carbons (Fsp3) is 0.375. The maximum atomic E-state index is 7.52. The highest BCUT2D eigenvalue weighted by molar-refractivity contribution is 6.04. The van der Waals surface area contributed by atoms with Crippen LogP contribution < -0.4 is 10.6 Å². The first-order chi connectivity index (χ1) is 6.04. The SMILES string of the molecule is CC(=N)c1c(N)ncnc1N(C)C. The molecule has 3 N–H and O–H groups in total. The lowest BCUT2D eigenvalue weighted by Crippen LogP contribution is -2.17. The van der Waals surface area contributed by atoms with Crippen LogP contribution in [0.1, 0.15) is 12.5 Å². The van der Waals surface area contributed by atoms with E-state index in [1.165, 1.54) is 6.33 Å². The highest BCUT2D eigenvalue weighted by atomic mass is 15.2. The third-order valence-corrected chi connectivity index (χ3v) is 1.66. The Kier molecular flexibility index (Phi) is 2.46. The van der Waals surface area contributed by atoms with Crippen LogP contribution in [0.3, 0.4) is 0 Å². The van der Waals surface area contributed by atoms with E-state index in [0.717, 1.165) is 0 Å². The Morgan fingerprint density at radius 2 is 2.08 bits per heavy atom. The lowest BCUT2D eigenvalue weighted by Gasteiger charge is -2.15. The van der Waals surface area contributed by atoms with E-state index in [4.69, 9.17) is 11.1 Å². The summed E-state index contributed by atoms with van der Waals surface area (Å²) in [6.45, 7) is 1.67. The Hall–Kier alpha value is -1.65. The van der Waals surface area contributed by atoms with E-state index >= 15 is 0 Å². The summed E-state index contributed by atoms with van der Waals surface area (Å²) in [7, 11) is 3.71. The van der Waals surface area contributed by atoms with Crippen molar-refractivity contribution in [2.45, 2.75) is 6.92 Å². The summed E-state index contributed by atoms with van der Waals surface area (Å²) in [5, 5.41) is 7.52. The van der Waals surface area contributed by atoms with Gasteiger partial charge in [0.1, 0.15) is 18.0 Å². The Morgan fingerprint density at radius 1 is 1.46 bits per heavy atom. The lowest BCUT2D eigenvalue weighted by atomic mass is 10.2. The second-order valence-electron chi connectivity index (χ2n) is 2.98. The zero-order valence-corrected chi connectivity index (χ0v) is 8.00. The van der Waals surface area contributed by atoms with Crippen molar-refractivity contribution in [2.24, 2.45) is 0 Å². The van der Waals surface area contributed by atoms with Gasteiger partial charge in [0.25, 0.3) is 0 Å². The van der Waals surface area contributed by atoms with Crippen molar-refractivity contribution in [3.8, 4) is 0 Å². The molecule has 0 saturated carbocycles. The fourth-order valence-corrected chi connectivity index (χ4v) is 1.09. The molecule has 1 heterocycles.